The molecule has 2 aliphatic rings. The van der Waals surface area contributed by atoms with Crippen LogP contribution >= 0.6 is 0 Å². The number of hydrogen-bond acceptors (Lipinski definition) is 7. The average Bonchev–Trinajstić information content (AvgIpc) is 3.27. The van der Waals surface area contributed by atoms with Gasteiger partial charge in [-0.15, -0.1) is 0 Å². The normalized spacial score (nSPS) is 17.0. The first kappa shape index (κ1) is 40.0. The van der Waals surface area contributed by atoms with Crippen molar-refractivity contribution in [3.05, 3.63) is 108 Å². The van der Waals surface area contributed by atoms with Gasteiger partial charge in [0.2, 0.25) is 0 Å². The largest absolute Gasteiger partial charge is 0.444 e. The SMILES string of the molecule is CC1C(=O)N(NC(=O)[C@H](C)N)c2ccccc2-c2ccc(F)cc21.CC1C(=O)N(NC(=O)[C@H](C)NC(=O)OC(C)(C)C)c2ccccc2-c2ccc(F)cc21. The van der Waals surface area contributed by atoms with Crippen molar-refractivity contribution in [3.8, 4) is 22.3 Å². The number of hydrazine groups is 2. The number of ether oxygens (including phenoxy) is 1. The van der Waals surface area contributed by atoms with Gasteiger partial charge < -0.3 is 15.8 Å². The van der Waals surface area contributed by atoms with Gasteiger partial charge >= 0.3 is 6.09 Å². The summed E-state index contributed by atoms with van der Waals surface area (Å²) >= 11 is 0. The van der Waals surface area contributed by atoms with Gasteiger partial charge in [0.25, 0.3) is 23.6 Å². The van der Waals surface area contributed by atoms with Gasteiger partial charge in [-0.3, -0.25) is 30.0 Å². The number of nitrogens with zero attached hydrogens (tertiary/aromatic N) is 2. The molecule has 2 aliphatic heterocycles. The summed E-state index contributed by atoms with van der Waals surface area (Å²) in [6.07, 6.45) is -0.742. The molecule has 4 aromatic carbocycles. The fraction of sp³-hybridized carbons (Fsp3) is 0.293. The van der Waals surface area contributed by atoms with E-state index in [-0.39, 0.29) is 5.91 Å². The van der Waals surface area contributed by atoms with Crippen LogP contribution in [0.5, 0.6) is 0 Å². The Morgan fingerprint density at radius 3 is 1.53 bits per heavy atom. The number of nitrogens with one attached hydrogen (secondary N) is 3. The summed E-state index contributed by atoms with van der Waals surface area (Å²) in [4.78, 5) is 62.9. The zero-order valence-electron chi connectivity index (χ0n) is 31.6. The van der Waals surface area contributed by atoms with Crippen molar-refractivity contribution in [2.75, 3.05) is 10.0 Å². The summed E-state index contributed by atoms with van der Waals surface area (Å²) in [7, 11) is 0. The van der Waals surface area contributed by atoms with Gasteiger partial charge in [0, 0.05) is 11.1 Å². The van der Waals surface area contributed by atoms with E-state index in [1.807, 2.05) is 12.1 Å². The number of carbonyl (C=O) groups excluding carboxylic acids is 5. The lowest BCUT2D eigenvalue weighted by molar-refractivity contribution is -0.127. The van der Waals surface area contributed by atoms with Crippen LogP contribution in [0.15, 0.2) is 84.9 Å². The fourth-order valence-electron chi connectivity index (χ4n) is 6.16. The molecule has 5 amide bonds. The molecular formula is C41H44F2N6O6. The van der Waals surface area contributed by atoms with Crippen LogP contribution in [0.2, 0.25) is 0 Å². The molecule has 4 atom stereocenters. The summed E-state index contributed by atoms with van der Waals surface area (Å²) in [6.45, 7) is 11.5. The molecule has 6 rings (SSSR count). The molecule has 4 aromatic rings. The van der Waals surface area contributed by atoms with Crippen molar-refractivity contribution in [2.45, 2.75) is 78.0 Å². The monoisotopic (exact) mass is 754 g/mol. The van der Waals surface area contributed by atoms with Gasteiger partial charge in [-0.2, -0.15) is 0 Å². The van der Waals surface area contributed by atoms with Crippen LogP contribution in [0.25, 0.3) is 22.3 Å². The second-order valence-corrected chi connectivity index (χ2v) is 14.4. The van der Waals surface area contributed by atoms with Gasteiger partial charge in [-0.25, -0.2) is 23.6 Å². The molecule has 2 heterocycles. The van der Waals surface area contributed by atoms with Gasteiger partial charge in [0.15, 0.2) is 0 Å². The Kier molecular flexibility index (Phi) is 11.7. The van der Waals surface area contributed by atoms with Crippen molar-refractivity contribution in [1.29, 1.82) is 0 Å². The number of alkyl carbamates (subject to hydrolysis) is 1. The lowest BCUT2D eigenvalue weighted by atomic mass is 9.92. The average molecular weight is 755 g/mol. The van der Waals surface area contributed by atoms with E-state index >= 15 is 0 Å². The summed E-state index contributed by atoms with van der Waals surface area (Å²) in [5.74, 6) is -4.00. The Bertz CT molecular complexity index is 2150. The van der Waals surface area contributed by atoms with Gasteiger partial charge in [-0.05, 0) is 107 Å². The van der Waals surface area contributed by atoms with Crippen LogP contribution in [0.1, 0.15) is 71.4 Å². The minimum absolute atomic E-state index is 0.346. The smallest absolute Gasteiger partial charge is 0.408 e. The molecule has 0 aromatic heterocycles. The van der Waals surface area contributed by atoms with Gasteiger partial charge in [0.05, 0.1) is 29.3 Å². The van der Waals surface area contributed by atoms with Crippen LogP contribution < -0.4 is 31.9 Å². The highest BCUT2D eigenvalue weighted by Gasteiger charge is 2.35. The van der Waals surface area contributed by atoms with E-state index in [1.165, 1.54) is 43.1 Å². The zero-order chi connectivity index (χ0) is 40.4. The number of benzene rings is 4. The van der Waals surface area contributed by atoms with Crippen LogP contribution in [0.4, 0.5) is 25.0 Å². The highest BCUT2D eigenvalue weighted by Crippen LogP contribution is 2.42. The summed E-state index contributed by atoms with van der Waals surface area (Å²) in [5.41, 5.74) is 15.1. The number of nitrogens with two attached hydrogens (primary N) is 1. The molecule has 288 valence electrons. The predicted molar refractivity (Wildman–Crippen MR) is 204 cm³/mol. The number of carbonyl (C=O) groups is 5. The van der Waals surface area contributed by atoms with E-state index in [0.29, 0.717) is 28.1 Å². The maximum absolute atomic E-state index is 13.9. The molecule has 55 heavy (non-hydrogen) atoms. The van der Waals surface area contributed by atoms with Gasteiger partial charge in [0.1, 0.15) is 23.3 Å². The van der Waals surface area contributed by atoms with E-state index in [1.54, 1.807) is 83.1 Å². The number of anilines is 2. The number of amides is 5. The summed E-state index contributed by atoms with van der Waals surface area (Å²) in [6, 6.07) is 21.2. The molecule has 14 heteroatoms. The quantitative estimate of drug-likeness (QED) is 0.188. The number of rotatable bonds is 5. The van der Waals surface area contributed by atoms with E-state index < -0.39 is 65.0 Å². The molecule has 12 nitrogen and oxygen atoms in total. The van der Waals surface area contributed by atoms with Gasteiger partial charge in [-0.1, -0.05) is 48.5 Å². The first-order chi connectivity index (χ1) is 25.9. The minimum atomic E-state index is -0.965. The first-order valence-electron chi connectivity index (χ1n) is 17.7. The molecule has 0 saturated carbocycles. The number of hydrogen-bond donors (Lipinski definition) is 4. The van der Waals surface area contributed by atoms with Crippen LogP contribution in [-0.4, -0.2) is 47.4 Å². The van der Waals surface area contributed by atoms with Crippen molar-refractivity contribution in [2.24, 2.45) is 5.73 Å². The maximum Gasteiger partial charge on any atom is 0.408 e. The van der Waals surface area contributed by atoms with Crippen molar-refractivity contribution in [1.82, 2.24) is 16.2 Å². The number of fused-ring (bicyclic) bond motifs is 6. The summed E-state index contributed by atoms with van der Waals surface area (Å²) in [5, 5.41) is 4.83. The third-order valence-electron chi connectivity index (χ3n) is 9.00. The zero-order valence-corrected chi connectivity index (χ0v) is 31.6. The molecule has 5 N–H and O–H groups in total. The first-order valence-corrected chi connectivity index (χ1v) is 17.7. The van der Waals surface area contributed by atoms with Crippen LogP contribution in [0, 0.1) is 11.6 Å². The fourth-order valence-corrected chi connectivity index (χ4v) is 6.16. The Labute approximate surface area is 318 Å². The lowest BCUT2D eigenvalue weighted by Crippen LogP contribution is -2.54. The molecule has 0 aliphatic carbocycles. The highest BCUT2D eigenvalue weighted by atomic mass is 19.1. The van der Waals surface area contributed by atoms with E-state index in [0.717, 1.165) is 21.7 Å². The molecule has 2 unspecified atom stereocenters. The molecule has 0 radical (unpaired) electrons. The maximum atomic E-state index is 13.9. The molecule has 0 bridgehead atoms. The Balaban J connectivity index is 0.000000218. The Morgan fingerprint density at radius 2 is 1.11 bits per heavy atom. The van der Waals surface area contributed by atoms with Crippen molar-refractivity contribution in [3.63, 3.8) is 0 Å². The second kappa shape index (κ2) is 16.1. The number of para-hydroxylation sites is 2. The van der Waals surface area contributed by atoms with Crippen molar-refractivity contribution >= 4 is 41.1 Å². The predicted octanol–water partition coefficient (Wildman–Crippen LogP) is 6.21. The molecule has 0 saturated heterocycles. The third-order valence-corrected chi connectivity index (χ3v) is 9.00. The summed E-state index contributed by atoms with van der Waals surface area (Å²) < 4.78 is 32.8. The van der Waals surface area contributed by atoms with E-state index in [4.69, 9.17) is 10.5 Å². The Morgan fingerprint density at radius 1 is 0.691 bits per heavy atom. The van der Waals surface area contributed by atoms with Crippen molar-refractivity contribution < 1.29 is 37.5 Å². The van der Waals surface area contributed by atoms with E-state index in [9.17, 15) is 32.8 Å². The standard InChI is InChI=1S/C23H26FN3O4.C18H18FN3O2/c1-13-18-12-15(24)10-11-16(18)17-8-6-7-9-19(17)27(21(13)29)26-20(28)14(2)25-22(30)31-23(3,4)5;1-10-15-9-12(19)7-8-13(15)14-5-3-4-6-16(14)22(18(10)24)21-17(23)11(2)20/h6-14H,1-5H3,(H,25,30)(H,26,28);3-11H,20H2,1-2H3,(H,21,23)/t13?,14-;10?,11-/m00/s1. The minimum Gasteiger partial charge on any atom is -0.444 e. The molecular weight excluding hydrogens is 710 g/mol. The number of halogens is 2. The lowest BCUT2D eigenvalue weighted by Gasteiger charge is -2.27. The highest BCUT2D eigenvalue weighted by molar-refractivity contribution is 6.08. The molecule has 0 fully saturated rings. The van der Waals surface area contributed by atoms with Crippen LogP contribution in [0.3, 0.4) is 0 Å². The van der Waals surface area contributed by atoms with E-state index in [2.05, 4.69) is 16.2 Å². The topological polar surface area (TPSA) is 163 Å². The Hall–Kier alpha value is -6.15. The molecule has 0 spiro atoms. The third kappa shape index (κ3) is 8.81. The van der Waals surface area contributed by atoms with Crippen LogP contribution in [-0.2, 0) is 23.9 Å². The second-order valence-electron chi connectivity index (χ2n) is 14.4.